The van der Waals surface area contributed by atoms with Gasteiger partial charge in [0.25, 0.3) is 5.91 Å². The lowest BCUT2D eigenvalue weighted by atomic mass is 10.1. The van der Waals surface area contributed by atoms with E-state index in [0.717, 1.165) is 41.0 Å². The van der Waals surface area contributed by atoms with E-state index in [1.54, 1.807) is 17.0 Å². The summed E-state index contributed by atoms with van der Waals surface area (Å²) in [6.07, 6.45) is 0. The average Bonchev–Trinajstić information content (AvgIpc) is 3.26. The van der Waals surface area contributed by atoms with Gasteiger partial charge >= 0.3 is 0 Å². The van der Waals surface area contributed by atoms with Crippen LogP contribution in [0, 0.1) is 13.8 Å². The zero-order valence-electron chi connectivity index (χ0n) is 21.5. The number of hydrogen-bond acceptors (Lipinski definition) is 6. The number of fused-ring (bicyclic) bond motifs is 1. The van der Waals surface area contributed by atoms with Crippen LogP contribution in [-0.4, -0.2) is 67.8 Å². The van der Waals surface area contributed by atoms with Crippen molar-refractivity contribution in [1.29, 1.82) is 0 Å². The van der Waals surface area contributed by atoms with Gasteiger partial charge in [-0.05, 0) is 68.4 Å². The van der Waals surface area contributed by atoms with Crippen LogP contribution >= 0.6 is 11.3 Å². The van der Waals surface area contributed by atoms with Crippen LogP contribution in [0.15, 0.2) is 41.3 Å². The van der Waals surface area contributed by atoms with E-state index in [0.29, 0.717) is 30.3 Å². The van der Waals surface area contributed by atoms with E-state index in [1.165, 1.54) is 27.8 Å². The van der Waals surface area contributed by atoms with Gasteiger partial charge in [-0.3, -0.25) is 9.69 Å². The predicted molar refractivity (Wildman–Crippen MR) is 145 cm³/mol. The molecule has 0 spiro atoms. The summed E-state index contributed by atoms with van der Waals surface area (Å²) in [5.41, 5.74) is 3.60. The number of sulfonamides is 1. The standard InChI is InChI=1S/C26H36N4O3S2/c1-7-28(8-2)15-16-30(26-27-24-20(6)17-19(5)18-23(24)34-26)25(31)21-11-13-22(14-12-21)35(32,33)29(9-3)10-4/h11-14,17-18H,7-10,15-16H2,1-6H3. The van der Waals surface area contributed by atoms with Gasteiger partial charge in [0, 0.05) is 31.7 Å². The highest BCUT2D eigenvalue weighted by Gasteiger charge is 2.25. The van der Waals surface area contributed by atoms with Crippen molar-refractivity contribution in [2.45, 2.75) is 46.4 Å². The van der Waals surface area contributed by atoms with E-state index >= 15 is 0 Å². The molecule has 0 N–H and O–H groups in total. The fraction of sp³-hybridized carbons (Fsp3) is 0.462. The number of likely N-dealkylation sites (N-methyl/N-ethyl adjacent to an activating group) is 1. The van der Waals surface area contributed by atoms with Gasteiger partial charge in [0.05, 0.1) is 15.1 Å². The van der Waals surface area contributed by atoms with Crippen LogP contribution < -0.4 is 4.90 Å². The molecule has 0 bridgehead atoms. The number of benzene rings is 2. The molecule has 0 radical (unpaired) electrons. The first-order valence-electron chi connectivity index (χ1n) is 12.2. The molecule has 1 heterocycles. The normalized spacial score (nSPS) is 12.1. The molecule has 0 saturated heterocycles. The Labute approximate surface area is 213 Å². The molecule has 0 aliphatic carbocycles. The van der Waals surface area contributed by atoms with Crippen LogP contribution in [0.4, 0.5) is 5.13 Å². The van der Waals surface area contributed by atoms with Crippen LogP contribution in [0.2, 0.25) is 0 Å². The zero-order chi connectivity index (χ0) is 25.8. The Bertz CT molecular complexity index is 1260. The predicted octanol–water partition coefficient (Wildman–Crippen LogP) is 4.93. The van der Waals surface area contributed by atoms with Gasteiger partial charge in [0.2, 0.25) is 10.0 Å². The highest BCUT2D eigenvalue weighted by atomic mass is 32.2. The van der Waals surface area contributed by atoms with Gasteiger partial charge in [-0.1, -0.05) is 45.1 Å². The lowest BCUT2D eigenvalue weighted by molar-refractivity contribution is 0.0983. The largest absolute Gasteiger partial charge is 0.302 e. The Morgan fingerprint density at radius 1 is 0.914 bits per heavy atom. The summed E-state index contributed by atoms with van der Waals surface area (Å²) in [5, 5.41) is 0.658. The number of thiazole rings is 1. The van der Waals surface area contributed by atoms with Crippen molar-refractivity contribution in [3.63, 3.8) is 0 Å². The zero-order valence-corrected chi connectivity index (χ0v) is 23.2. The molecule has 0 aliphatic rings. The smallest absolute Gasteiger partial charge is 0.260 e. The van der Waals surface area contributed by atoms with Crippen LogP contribution in [-0.2, 0) is 10.0 Å². The van der Waals surface area contributed by atoms with Crippen molar-refractivity contribution >= 4 is 42.6 Å². The van der Waals surface area contributed by atoms with E-state index in [9.17, 15) is 13.2 Å². The molecule has 0 fully saturated rings. The molecule has 7 nitrogen and oxygen atoms in total. The second kappa shape index (κ2) is 11.6. The molecule has 35 heavy (non-hydrogen) atoms. The Hall–Kier alpha value is -2.33. The number of nitrogens with zero attached hydrogens (tertiary/aromatic N) is 4. The number of rotatable bonds is 11. The van der Waals surface area contributed by atoms with E-state index in [2.05, 4.69) is 37.8 Å². The van der Waals surface area contributed by atoms with Gasteiger partial charge in [-0.15, -0.1) is 0 Å². The molecule has 3 rings (SSSR count). The molecule has 0 aliphatic heterocycles. The summed E-state index contributed by atoms with van der Waals surface area (Å²) in [6, 6.07) is 10.5. The van der Waals surface area contributed by atoms with Gasteiger partial charge in [0.15, 0.2) is 5.13 Å². The number of amides is 1. The first-order chi connectivity index (χ1) is 16.7. The van der Waals surface area contributed by atoms with E-state index in [4.69, 9.17) is 4.98 Å². The number of hydrogen-bond donors (Lipinski definition) is 0. The summed E-state index contributed by atoms with van der Waals surface area (Å²) in [7, 11) is -3.58. The Kier molecular flexibility index (Phi) is 9.04. The lowest BCUT2D eigenvalue weighted by Crippen LogP contribution is -2.39. The lowest BCUT2D eigenvalue weighted by Gasteiger charge is -2.25. The molecule has 2 aromatic carbocycles. The number of carbonyl (C=O) groups is 1. The Balaban J connectivity index is 1.97. The SMILES string of the molecule is CCN(CC)CCN(C(=O)c1ccc(S(=O)(=O)N(CC)CC)cc1)c1nc2c(C)cc(C)cc2s1. The third-order valence-electron chi connectivity index (χ3n) is 6.27. The van der Waals surface area contributed by atoms with E-state index < -0.39 is 10.0 Å². The highest BCUT2D eigenvalue weighted by Crippen LogP contribution is 2.32. The summed E-state index contributed by atoms with van der Waals surface area (Å²) in [4.78, 5) is 22.7. The number of carbonyl (C=O) groups excluding carboxylic acids is 1. The molecule has 1 aromatic heterocycles. The highest BCUT2D eigenvalue weighted by molar-refractivity contribution is 7.89. The van der Waals surface area contributed by atoms with Gasteiger partial charge in [-0.2, -0.15) is 4.31 Å². The molecule has 1 amide bonds. The number of aromatic nitrogens is 1. The van der Waals surface area contributed by atoms with Crippen LogP contribution in [0.3, 0.4) is 0 Å². The third-order valence-corrected chi connectivity index (χ3v) is 9.36. The topological polar surface area (TPSA) is 73.8 Å². The Morgan fingerprint density at radius 2 is 1.54 bits per heavy atom. The maximum absolute atomic E-state index is 13.7. The summed E-state index contributed by atoms with van der Waals surface area (Å²) in [5.74, 6) is -0.183. The minimum atomic E-state index is -3.58. The van der Waals surface area contributed by atoms with Crippen molar-refractivity contribution in [2.24, 2.45) is 0 Å². The molecule has 9 heteroatoms. The van der Waals surface area contributed by atoms with Crippen LogP contribution in [0.5, 0.6) is 0 Å². The van der Waals surface area contributed by atoms with E-state index in [1.807, 2.05) is 20.8 Å². The minimum Gasteiger partial charge on any atom is -0.302 e. The third kappa shape index (κ3) is 5.91. The summed E-state index contributed by atoms with van der Waals surface area (Å²) >= 11 is 1.51. The van der Waals surface area contributed by atoms with Crippen molar-refractivity contribution < 1.29 is 13.2 Å². The quantitative estimate of drug-likeness (QED) is 0.361. The summed E-state index contributed by atoms with van der Waals surface area (Å²) < 4.78 is 28.2. The summed E-state index contributed by atoms with van der Waals surface area (Å²) in [6.45, 7) is 15.7. The molecule has 0 saturated carbocycles. The van der Waals surface area contributed by atoms with Crippen molar-refractivity contribution in [2.75, 3.05) is 44.2 Å². The minimum absolute atomic E-state index is 0.183. The second-order valence-electron chi connectivity index (χ2n) is 8.52. The van der Waals surface area contributed by atoms with Crippen molar-refractivity contribution in [3.05, 3.63) is 53.1 Å². The Morgan fingerprint density at radius 3 is 2.11 bits per heavy atom. The second-order valence-corrected chi connectivity index (χ2v) is 11.5. The fourth-order valence-electron chi connectivity index (χ4n) is 4.18. The van der Waals surface area contributed by atoms with E-state index in [-0.39, 0.29) is 10.8 Å². The van der Waals surface area contributed by atoms with Crippen molar-refractivity contribution in [1.82, 2.24) is 14.2 Å². The van der Waals surface area contributed by atoms with Gasteiger partial charge in [-0.25, -0.2) is 13.4 Å². The molecular formula is C26H36N4O3S2. The first-order valence-corrected chi connectivity index (χ1v) is 14.4. The molecular weight excluding hydrogens is 480 g/mol. The van der Waals surface area contributed by atoms with Crippen molar-refractivity contribution in [3.8, 4) is 0 Å². The molecule has 0 atom stereocenters. The number of aryl methyl sites for hydroxylation is 2. The molecule has 0 unspecified atom stereocenters. The van der Waals surface area contributed by atoms with Crippen LogP contribution in [0.1, 0.15) is 49.2 Å². The maximum atomic E-state index is 13.7. The van der Waals surface area contributed by atoms with Crippen LogP contribution in [0.25, 0.3) is 10.2 Å². The molecule has 3 aromatic rings. The first kappa shape index (κ1) is 27.3. The average molecular weight is 517 g/mol. The van der Waals surface area contributed by atoms with Gasteiger partial charge < -0.3 is 4.90 Å². The monoisotopic (exact) mass is 516 g/mol. The number of anilines is 1. The fourth-order valence-corrected chi connectivity index (χ4v) is 6.80. The van der Waals surface area contributed by atoms with Gasteiger partial charge in [0.1, 0.15) is 0 Å². The molecule has 190 valence electrons. The maximum Gasteiger partial charge on any atom is 0.260 e.